The van der Waals surface area contributed by atoms with Gasteiger partial charge in [-0.3, -0.25) is 0 Å². The average molecular weight is 602 g/mol. The van der Waals surface area contributed by atoms with E-state index in [0.717, 1.165) is 63.6 Å². The third-order valence-electron chi connectivity index (χ3n) is 7.08. The fourth-order valence-corrected chi connectivity index (χ4v) is 4.75. The van der Waals surface area contributed by atoms with Crippen LogP contribution in [0, 0.1) is 13.8 Å². The van der Waals surface area contributed by atoms with Crippen molar-refractivity contribution < 1.29 is 0 Å². The van der Waals surface area contributed by atoms with Crippen molar-refractivity contribution in [3.63, 3.8) is 0 Å². The maximum atomic E-state index is 5.69. The molecule has 0 atom stereocenters. The molecule has 0 fully saturated rings. The molecule has 0 radical (unpaired) electrons. The summed E-state index contributed by atoms with van der Waals surface area (Å²) in [5.41, 5.74) is 16.7. The number of likely N-dealkylation sites (N-methyl/N-ethyl adjacent to an activating group) is 1. The van der Waals surface area contributed by atoms with Gasteiger partial charge >= 0.3 is 0 Å². The van der Waals surface area contributed by atoms with Crippen molar-refractivity contribution in [2.24, 2.45) is 10.7 Å². The molecule has 0 bridgehead atoms. The van der Waals surface area contributed by atoms with E-state index in [1.54, 1.807) is 0 Å². The Morgan fingerprint density at radius 1 is 0.933 bits per heavy atom. The Hall–Kier alpha value is -4.90. The van der Waals surface area contributed by atoms with Crippen LogP contribution in [0.3, 0.4) is 0 Å². The van der Waals surface area contributed by atoms with Gasteiger partial charge in [0.1, 0.15) is 0 Å². The molecule has 5 nitrogen and oxygen atoms in total. The lowest BCUT2D eigenvalue weighted by molar-refractivity contribution is 0.524. The van der Waals surface area contributed by atoms with Crippen molar-refractivity contribution >= 4 is 23.3 Å². The van der Waals surface area contributed by atoms with Gasteiger partial charge in [-0.1, -0.05) is 125 Å². The van der Waals surface area contributed by atoms with Crippen molar-refractivity contribution in [2.45, 2.75) is 54.5 Å². The Bertz CT molecular complexity index is 1620. The summed E-state index contributed by atoms with van der Waals surface area (Å²) < 4.78 is 1.95. The van der Waals surface area contributed by atoms with Crippen molar-refractivity contribution in [1.29, 1.82) is 0 Å². The highest BCUT2D eigenvalue weighted by atomic mass is 15.3. The van der Waals surface area contributed by atoms with Crippen LogP contribution in [0.5, 0.6) is 0 Å². The monoisotopic (exact) mass is 601 g/mol. The molecule has 0 spiro atoms. The zero-order valence-corrected chi connectivity index (χ0v) is 28.3. The first kappa shape index (κ1) is 36.3. The Labute approximate surface area is 271 Å². The summed E-state index contributed by atoms with van der Waals surface area (Å²) in [6, 6.07) is 24.9. The summed E-state index contributed by atoms with van der Waals surface area (Å²) in [5.74, 6) is 0.855. The van der Waals surface area contributed by atoms with Crippen molar-refractivity contribution in [3.8, 4) is 0 Å². The van der Waals surface area contributed by atoms with E-state index in [1.165, 1.54) is 17.3 Å². The van der Waals surface area contributed by atoms with Gasteiger partial charge in [-0.05, 0) is 61.7 Å². The van der Waals surface area contributed by atoms with E-state index < -0.39 is 0 Å². The fourth-order valence-electron chi connectivity index (χ4n) is 4.75. The smallest absolute Gasteiger partial charge is 0.154 e. The van der Waals surface area contributed by atoms with Crippen molar-refractivity contribution in [2.75, 3.05) is 13.6 Å². The quantitative estimate of drug-likeness (QED) is 0.138. The molecule has 0 aliphatic heterocycles. The Morgan fingerprint density at radius 2 is 1.58 bits per heavy atom. The molecule has 0 saturated heterocycles. The highest BCUT2D eigenvalue weighted by Crippen LogP contribution is 2.23. The molecular formula is C40H51N5. The summed E-state index contributed by atoms with van der Waals surface area (Å²) in [5, 5.41) is 4.55. The second-order valence-electron chi connectivity index (χ2n) is 10.7. The van der Waals surface area contributed by atoms with Crippen LogP contribution in [-0.4, -0.2) is 34.0 Å². The SMILES string of the molecule is C=Cc1ccccc1C(=C)N(C)CC(=C)C.CC.CCc1cccc(Cn2ncc(C)c2/N=C(\C=C\N)c2ccccc2C)c1. The maximum Gasteiger partial charge on any atom is 0.154 e. The zero-order valence-electron chi connectivity index (χ0n) is 28.3. The number of rotatable bonds is 11. The van der Waals surface area contributed by atoms with E-state index in [0.29, 0.717) is 6.54 Å². The lowest BCUT2D eigenvalue weighted by Crippen LogP contribution is -2.18. The maximum absolute atomic E-state index is 5.69. The number of benzene rings is 3. The van der Waals surface area contributed by atoms with Crippen molar-refractivity contribution in [3.05, 3.63) is 156 Å². The molecule has 0 aliphatic rings. The molecular weight excluding hydrogens is 550 g/mol. The first-order valence-corrected chi connectivity index (χ1v) is 15.6. The number of hydrogen-bond donors (Lipinski definition) is 1. The van der Waals surface area contributed by atoms with Gasteiger partial charge in [0, 0.05) is 36.0 Å². The second kappa shape index (κ2) is 18.7. The predicted molar refractivity (Wildman–Crippen MR) is 197 cm³/mol. The lowest BCUT2D eigenvalue weighted by Gasteiger charge is -2.23. The summed E-state index contributed by atoms with van der Waals surface area (Å²) in [7, 11) is 2.02. The molecule has 45 heavy (non-hydrogen) atoms. The van der Waals surface area contributed by atoms with Crippen LogP contribution in [0.1, 0.15) is 66.6 Å². The van der Waals surface area contributed by atoms with E-state index in [4.69, 9.17) is 10.7 Å². The summed E-state index contributed by atoms with van der Waals surface area (Å²) in [4.78, 5) is 7.03. The van der Waals surface area contributed by atoms with Crippen LogP contribution in [0.4, 0.5) is 5.82 Å². The van der Waals surface area contributed by atoms with Crippen LogP contribution in [0.15, 0.2) is 122 Å². The average Bonchev–Trinajstić information content (AvgIpc) is 3.39. The predicted octanol–water partition coefficient (Wildman–Crippen LogP) is 9.54. The molecule has 0 unspecified atom stereocenters. The number of hydrogen-bond acceptors (Lipinski definition) is 4. The normalized spacial score (nSPS) is 10.8. The molecule has 1 aromatic heterocycles. The van der Waals surface area contributed by atoms with Gasteiger partial charge < -0.3 is 10.6 Å². The van der Waals surface area contributed by atoms with Gasteiger partial charge in [-0.2, -0.15) is 5.10 Å². The highest BCUT2D eigenvalue weighted by Gasteiger charge is 2.11. The topological polar surface area (TPSA) is 59.4 Å². The number of aromatic nitrogens is 2. The van der Waals surface area contributed by atoms with Crippen LogP contribution in [-0.2, 0) is 13.0 Å². The van der Waals surface area contributed by atoms with Gasteiger partial charge in [0.15, 0.2) is 5.82 Å². The minimum atomic E-state index is 0.688. The first-order valence-electron chi connectivity index (χ1n) is 15.6. The molecule has 5 heteroatoms. The van der Waals surface area contributed by atoms with Crippen LogP contribution >= 0.6 is 0 Å². The van der Waals surface area contributed by atoms with E-state index in [9.17, 15) is 0 Å². The molecule has 236 valence electrons. The first-order chi connectivity index (χ1) is 21.7. The number of nitrogens with zero attached hydrogens (tertiary/aromatic N) is 4. The third kappa shape index (κ3) is 10.6. The van der Waals surface area contributed by atoms with Gasteiger partial charge in [-0.15, -0.1) is 0 Å². The molecule has 1 heterocycles. The van der Waals surface area contributed by atoms with Gasteiger partial charge in [0.25, 0.3) is 0 Å². The number of allylic oxidation sites excluding steroid dienone is 1. The molecule has 2 N–H and O–H groups in total. The Morgan fingerprint density at radius 3 is 2.20 bits per heavy atom. The zero-order chi connectivity index (χ0) is 33.4. The van der Waals surface area contributed by atoms with Crippen LogP contribution < -0.4 is 5.73 Å². The Kier molecular flexibility index (Phi) is 15.1. The highest BCUT2D eigenvalue weighted by molar-refractivity contribution is 6.10. The largest absolute Gasteiger partial charge is 0.405 e. The van der Waals surface area contributed by atoms with Crippen molar-refractivity contribution in [1.82, 2.24) is 14.7 Å². The van der Waals surface area contributed by atoms with Gasteiger partial charge in [-0.25, -0.2) is 9.67 Å². The van der Waals surface area contributed by atoms with Gasteiger partial charge in [0.2, 0.25) is 0 Å². The van der Waals surface area contributed by atoms with E-state index in [-0.39, 0.29) is 0 Å². The summed E-state index contributed by atoms with van der Waals surface area (Å²) >= 11 is 0. The van der Waals surface area contributed by atoms with Crippen LogP contribution in [0.2, 0.25) is 0 Å². The molecule has 4 rings (SSSR count). The lowest BCUT2D eigenvalue weighted by atomic mass is 10.0. The number of nitrogens with two attached hydrogens (primary N) is 1. The molecule has 3 aromatic carbocycles. The van der Waals surface area contributed by atoms with E-state index in [2.05, 4.69) is 86.0 Å². The molecule has 4 aromatic rings. The summed E-state index contributed by atoms with van der Waals surface area (Å²) in [6.45, 7) is 25.7. The van der Waals surface area contributed by atoms with E-state index >= 15 is 0 Å². The van der Waals surface area contributed by atoms with Crippen LogP contribution in [0.25, 0.3) is 11.8 Å². The molecule has 0 amide bonds. The van der Waals surface area contributed by atoms with Gasteiger partial charge in [0.05, 0.1) is 18.5 Å². The fraction of sp³-hybridized carbons (Fsp3) is 0.250. The number of aryl methyl sites for hydroxylation is 3. The molecule has 0 aliphatic carbocycles. The standard InChI is InChI=1S/C23H26N4.C15H19N.C2H6/c1-4-19-9-7-10-20(14-19)16-27-23(18(3)15-25-27)26-22(12-13-24)21-11-6-5-8-17(21)2;1-6-14-9-7-8-10-15(14)13(4)16(5)11-12(2)3;1-2/h5-15H,4,16,24H2,1-3H3;6-10H,1-2,4,11H2,3,5H3;1-2H3/b13-12+,26-22+;;. The minimum Gasteiger partial charge on any atom is -0.405 e. The number of aliphatic imine (C=N–C) groups is 1. The van der Waals surface area contributed by atoms with E-state index in [1.807, 2.05) is 88.1 Å². The summed E-state index contributed by atoms with van der Waals surface area (Å²) in [6.07, 6.45) is 8.12. The third-order valence-corrected chi connectivity index (χ3v) is 7.08. The Balaban J connectivity index is 0.000000335. The molecule has 0 saturated carbocycles. The minimum absolute atomic E-state index is 0.688. The second-order valence-corrected chi connectivity index (χ2v) is 10.7.